The number of hydrogen-bond acceptors (Lipinski definition) is 11. The van der Waals surface area contributed by atoms with Crippen LogP contribution in [0.5, 0.6) is 0 Å². The van der Waals surface area contributed by atoms with Gasteiger partial charge in [-0.15, -0.1) is 0 Å². The van der Waals surface area contributed by atoms with E-state index in [1.165, 1.54) is 10.7 Å². The summed E-state index contributed by atoms with van der Waals surface area (Å²) in [5, 5.41) is 13.7. The summed E-state index contributed by atoms with van der Waals surface area (Å²) in [7, 11) is 1.75. The lowest BCUT2D eigenvalue weighted by Crippen LogP contribution is -2.53. The molecule has 1 aliphatic carbocycles. The first kappa shape index (κ1) is 40.3. The van der Waals surface area contributed by atoms with Crippen LogP contribution < -0.4 is 21.2 Å². The third-order valence-corrected chi connectivity index (χ3v) is 14.8. The number of para-hydroxylation sites is 1. The molecule has 0 radical (unpaired) electrons. The number of rotatable bonds is 11. The van der Waals surface area contributed by atoms with E-state index in [1.54, 1.807) is 33.3 Å². The lowest BCUT2D eigenvalue weighted by molar-refractivity contribution is -0.135. The number of piperazine rings is 1. The van der Waals surface area contributed by atoms with E-state index in [4.69, 9.17) is 9.72 Å². The molecule has 17 nitrogen and oxygen atoms in total. The summed E-state index contributed by atoms with van der Waals surface area (Å²) in [5.74, 6) is -0.0344. The summed E-state index contributed by atoms with van der Waals surface area (Å²) in [6.07, 6.45) is 10.5. The maximum Gasteiger partial charge on any atom is 0.329 e. The zero-order valence-electron chi connectivity index (χ0n) is 35.2. The quantitative estimate of drug-likeness (QED) is 0.183. The second kappa shape index (κ2) is 15.9. The lowest BCUT2D eigenvalue weighted by Gasteiger charge is -2.42. The molecule has 6 fully saturated rings. The normalized spacial score (nSPS) is 27.7. The Labute approximate surface area is 361 Å². The molecule has 0 spiro atoms. The van der Waals surface area contributed by atoms with Crippen molar-refractivity contribution in [2.75, 3.05) is 43.0 Å². The van der Waals surface area contributed by atoms with Gasteiger partial charge in [-0.3, -0.25) is 43.3 Å². The molecule has 1 saturated carbocycles. The van der Waals surface area contributed by atoms with Crippen LogP contribution in [-0.4, -0.2) is 118 Å². The summed E-state index contributed by atoms with van der Waals surface area (Å²) >= 11 is 0. The number of anilines is 2. The van der Waals surface area contributed by atoms with Gasteiger partial charge in [0.05, 0.1) is 47.7 Å². The number of carbonyl (C=O) groups excluding carboxylic acids is 3. The number of nitrogens with zero attached hydrogens (tertiary/aromatic N) is 10. The Morgan fingerprint density at radius 1 is 0.984 bits per heavy atom. The standard InChI is InChI=1S/C44H52F2N12O5/c1-52-39-26(3-2-4-34(39)58(44(52)62)35-11-12-37(59)50-43(35)61)19-53-20-28-9-10-29(21-53)54(28)15-13-25-5-7-27(8-6-25)57-23-33(38(51-57)40(45)46)48-42(60)32-18-47-56-16-14-36(49-41(32)56)55-22-31-17-30(55)24-63-31/h2-4,14,16,18,23,25,27-31,35,40H,5-13,15,17,19-22,24H2,1H3,(H,48,60)(H,50,59,61)/t25?,27?,28-,29+,30-,31-,35?/m1/s1. The van der Waals surface area contributed by atoms with Gasteiger partial charge < -0.3 is 15.0 Å². The number of fused-ring (bicyclic) bond motifs is 6. The SMILES string of the molecule is Cn1c(=O)n(C2CCC(=O)NC2=O)c2cccc(CN3C[C@H]4CC[C@@H](C3)N4CCC3CCC(n4cc(NC(=O)c5cnn6ccc(N7C[C@H]8C[C@@H]7CO8)nc56)c(C(F)F)n4)CC3)c21. The number of alkyl halides is 2. The first-order chi connectivity index (χ1) is 30.6. The van der Waals surface area contributed by atoms with E-state index in [9.17, 15) is 28.0 Å². The van der Waals surface area contributed by atoms with E-state index in [0.717, 1.165) is 94.4 Å². The molecule has 19 heteroatoms. The molecule has 6 aliphatic rings. The van der Waals surface area contributed by atoms with Crippen molar-refractivity contribution in [2.24, 2.45) is 13.0 Å². The number of nitrogens with one attached hydrogen (secondary N) is 2. The summed E-state index contributed by atoms with van der Waals surface area (Å²) in [4.78, 5) is 63.8. The number of piperidine rings is 1. The van der Waals surface area contributed by atoms with Crippen LogP contribution in [0, 0.1) is 5.92 Å². The Kier molecular flexibility index (Phi) is 10.2. The third-order valence-electron chi connectivity index (χ3n) is 14.8. The fourth-order valence-electron chi connectivity index (χ4n) is 11.6. The van der Waals surface area contributed by atoms with Crippen molar-refractivity contribution in [1.82, 2.24) is 48.6 Å². The minimum absolute atomic E-state index is 0.00241. The molecule has 5 aliphatic heterocycles. The van der Waals surface area contributed by atoms with Crippen LogP contribution in [0.25, 0.3) is 16.7 Å². The van der Waals surface area contributed by atoms with Crippen molar-refractivity contribution >= 4 is 45.9 Å². The Hall–Kier alpha value is -5.53. The number of morpholine rings is 1. The number of likely N-dealkylation sites (tertiary alicyclic amines) is 1. The van der Waals surface area contributed by atoms with Gasteiger partial charge in [-0.1, -0.05) is 12.1 Å². The molecule has 3 amide bonds. The van der Waals surface area contributed by atoms with Crippen LogP contribution >= 0.6 is 0 Å². The molecule has 63 heavy (non-hydrogen) atoms. The molecule has 11 rings (SSSR count). The molecule has 4 bridgehead atoms. The summed E-state index contributed by atoms with van der Waals surface area (Å²) in [6, 6.07) is 8.18. The monoisotopic (exact) mass is 866 g/mol. The summed E-state index contributed by atoms with van der Waals surface area (Å²) < 4.78 is 40.8. The van der Waals surface area contributed by atoms with Crippen molar-refractivity contribution in [3.05, 3.63) is 70.2 Å². The summed E-state index contributed by atoms with van der Waals surface area (Å²) in [5.41, 5.74) is 2.46. The third kappa shape index (κ3) is 7.21. The lowest BCUT2D eigenvalue weighted by atomic mass is 9.84. The smallest absolute Gasteiger partial charge is 0.329 e. The van der Waals surface area contributed by atoms with Gasteiger partial charge in [0, 0.05) is 64.1 Å². The van der Waals surface area contributed by atoms with Gasteiger partial charge in [0.15, 0.2) is 11.3 Å². The molecule has 2 N–H and O–H groups in total. The second-order valence-corrected chi connectivity index (χ2v) is 18.5. The van der Waals surface area contributed by atoms with E-state index < -0.39 is 30.0 Å². The Morgan fingerprint density at radius 2 is 1.78 bits per heavy atom. The van der Waals surface area contributed by atoms with Crippen LogP contribution in [0.2, 0.25) is 0 Å². The van der Waals surface area contributed by atoms with E-state index in [0.29, 0.717) is 48.7 Å². The van der Waals surface area contributed by atoms with Crippen molar-refractivity contribution in [2.45, 2.75) is 113 Å². The van der Waals surface area contributed by atoms with Crippen LogP contribution in [-0.2, 0) is 27.9 Å². The molecule has 332 valence electrons. The zero-order chi connectivity index (χ0) is 43.1. The van der Waals surface area contributed by atoms with Gasteiger partial charge in [-0.05, 0) is 87.9 Å². The average molecular weight is 867 g/mol. The molecule has 1 unspecified atom stereocenters. The minimum atomic E-state index is -2.86. The number of aromatic nitrogens is 7. The number of imidazole rings is 1. The number of benzene rings is 1. The van der Waals surface area contributed by atoms with E-state index in [1.807, 2.05) is 18.2 Å². The Bertz CT molecular complexity index is 2650. The molecule has 9 heterocycles. The van der Waals surface area contributed by atoms with Gasteiger partial charge in [-0.2, -0.15) is 10.2 Å². The number of hydrogen-bond donors (Lipinski definition) is 2. The topological polar surface area (TPSA) is 169 Å². The number of imide groups is 1. The molecular weight excluding hydrogens is 815 g/mol. The van der Waals surface area contributed by atoms with Crippen LogP contribution in [0.3, 0.4) is 0 Å². The van der Waals surface area contributed by atoms with E-state index in [2.05, 4.69) is 41.6 Å². The van der Waals surface area contributed by atoms with Gasteiger partial charge in [0.2, 0.25) is 11.8 Å². The predicted molar refractivity (Wildman–Crippen MR) is 227 cm³/mol. The Balaban J connectivity index is 0.697. The van der Waals surface area contributed by atoms with Crippen molar-refractivity contribution in [1.29, 1.82) is 0 Å². The van der Waals surface area contributed by atoms with E-state index in [-0.39, 0.29) is 47.5 Å². The predicted octanol–water partition coefficient (Wildman–Crippen LogP) is 4.19. The van der Waals surface area contributed by atoms with Crippen LogP contribution in [0.15, 0.2) is 47.7 Å². The van der Waals surface area contributed by atoms with Gasteiger partial charge in [-0.25, -0.2) is 23.1 Å². The molecule has 5 aromatic rings. The minimum Gasteiger partial charge on any atom is -0.374 e. The van der Waals surface area contributed by atoms with Crippen molar-refractivity contribution in [3.8, 4) is 0 Å². The fraction of sp³-hybridized carbons (Fsp3) is 0.568. The highest BCUT2D eigenvalue weighted by molar-refractivity contribution is 6.08. The number of ether oxygens (including phenoxy) is 1. The fourth-order valence-corrected chi connectivity index (χ4v) is 11.6. The first-order valence-electron chi connectivity index (χ1n) is 22.5. The van der Waals surface area contributed by atoms with E-state index >= 15 is 0 Å². The maximum atomic E-state index is 14.4. The maximum absolute atomic E-state index is 14.4. The largest absolute Gasteiger partial charge is 0.374 e. The first-order valence-corrected chi connectivity index (χ1v) is 22.5. The molecule has 4 aromatic heterocycles. The molecule has 1 aromatic carbocycles. The number of aryl methyl sites for hydroxylation is 1. The van der Waals surface area contributed by atoms with Crippen molar-refractivity contribution < 1.29 is 27.9 Å². The number of amides is 3. The van der Waals surface area contributed by atoms with Crippen LogP contribution in [0.1, 0.15) is 104 Å². The summed E-state index contributed by atoms with van der Waals surface area (Å²) in [6.45, 7) is 5.00. The highest BCUT2D eigenvalue weighted by atomic mass is 19.3. The number of carbonyl (C=O) groups is 3. The van der Waals surface area contributed by atoms with Gasteiger partial charge in [0.1, 0.15) is 17.4 Å². The molecular formula is C44H52F2N12O5. The highest BCUT2D eigenvalue weighted by Gasteiger charge is 2.42. The Morgan fingerprint density at radius 3 is 2.51 bits per heavy atom. The van der Waals surface area contributed by atoms with Gasteiger partial charge in [0.25, 0.3) is 12.3 Å². The molecule has 5 atom stereocenters. The highest BCUT2D eigenvalue weighted by Crippen LogP contribution is 2.39. The zero-order valence-corrected chi connectivity index (χ0v) is 35.2. The van der Waals surface area contributed by atoms with Gasteiger partial charge >= 0.3 is 5.69 Å². The average Bonchev–Trinajstić information content (AvgIpc) is 4.14. The van der Waals surface area contributed by atoms with Crippen molar-refractivity contribution in [3.63, 3.8) is 0 Å². The second-order valence-electron chi connectivity index (χ2n) is 18.5. The van der Waals surface area contributed by atoms with Crippen LogP contribution in [0.4, 0.5) is 20.3 Å². The number of halogens is 2. The molecule has 5 saturated heterocycles.